The average Bonchev–Trinajstić information content (AvgIpc) is 2.92. The molecule has 0 saturated carbocycles. The molecule has 0 saturated heterocycles. The number of amides is 1. The number of nitrogens with zero attached hydrogens (tertiary/aromatic N) is 1. The minimum Gasteiger partial charge on any atom is -0.277 e. The van der Waals surface area contributed by atoms with Gasteiger partial charge in [0.15, 0.2) is 0 Å². The van der Waals surface area contributed by atoms with E-state index < -0.39 is 5.54 Å². The summed E-state index contributed by atoms with van der Waals surface area (Å²) in [4.78, 5) is 13.5. The van der Waals surface area contributed by atoms with E-state index in [9.17, 15) is 4.79 Å². The summed E-state index contributed by atoms with van der Waals surface area (Å²) >= 11 is 3.58. The second-order valence-corrected chi connectivity index (χ2v) is 9.98. The number of nitrogens with one attached hydrogen (secondary N) is 1. The first-order valence-corrected chi connectivity index (χ1v) is 13.4. The molecule has 4 aromatic carbocycles. The molecule has 4 rings (SSSR count). The Morgan fingerprint density at radius 1 is 0.647 bits per heavy atom. The van der Waals surface area contributed by atoms with Gasteiger partial charge in [0.25, 0.3) is 0 Å². The van der Waals surface area contributed by atoms with E-state index in [1.807, 2.05) is 72.4 Å². The number of rotatable bonds is 12. The predicted octanol–water partition coefficient (Wildman–Crippen LogP) is 6.42. The number of hydrogen-bond donors (Lipinski definition) is 1. The van der Waals surface area contributed by atoms with Crippen LogP contribution in [0.4, 0.5) is 0 Å². The van der Waals surface area contributed by atoms with Crippen molar-refractivity contribution < 1.29 is 4.79 Å². The Kier molecular flexibility index (Phi) is 8.85. The second-order valence-electron chi connectivity index (χ2n) is 7.73. The zero-order valence-electron chi connectivity index (χ0n) is 18.9. The predicted molar refractivity (Wildman–Crippen MR) is 145 cm³/mol. The summed E-state index contributed by atoms with van der Waals surface area (Å²) in [6.07, 6.45) is 0.890. The van der Waals surface area contributed by atoms with Crippen LogP contribution in [-0.4, -0.2) is 28.8 Å². The monoisotopic (exact) mass is 484 g/mol. The Balaban J connectivity index is 1.56. The van der Waals surface area contributed by atoms with E-state index in [1.165, 1.54) is 4.90 Å². The van der Waals surface area contributed by atoms with Crippen molar-refractivity contribution in [1.29, 1.82) is 0 Å². The van der Waals surface area contributed by atoms with Gasteiger partial charge in [-0.05, 0) is 28.8 Å². The lowest BCUT2D eigenvalue weighted by Crippen LogP contribution is -2.53. The summed E-state index contributed by atoms with van der Waals surface area (Å²) < 4.78 is 0. The van der Waals surface area contributed by atoms with Gasteiger partial charge >= 0.3 is 0 Å². The Morgan fingerprint density at radius 3 is 1.53 bits per heavy atom. The smallest absolute Gasteiger partial charge is 0.224 e. The molecule has 0 fully saturated rings. The van der Waals surface area contributed by atoms with Crippen LogP contribution in [-0.2, 0) is 10.3 Å². The fourth-order valence-electron chi connectivity index (χ4n) is 3.96. The molecule has 1 N–H and O–H groups in total. The van der Waals surface area contributed by atoms with Gasteiger partial charge in [0.05, 0.1) is 5.88 Å². The summed E-state index contributed by atoms with van der Waals surface area (Å²) in [5, 5.41) is 1.67. The molecule has 4 aromatic rings. The lowest BCUT2D eigenvalue weighted by molar-refractivity contribution is -0.121. The molecular formula is C29H28N2OS2. The molecule has 5 heteroatoms. The van der Waals surface area contributed by atoms with Crippen molar-refractivity contribution in [2.45, 2.75) is 10.4 Å². The average molecular weight is 485 g/mol. The molecule has 34 heavy (non-hydrogen) atoms. The molecule has 0 bridgehead atoms. The molecule has 0 aromatic heterocycles. The number of hydrazine groups is 1. The van der Waals surface area contributed by atoms with E-state index >= 15 is 0 Å². The topological polar surface area (TPSA) is 32.3 Å². The number of benzene rings is 4. The van der Waals surface area contributed by atoms with E-state index in [0.29, 0.717) is 5.88 Å². The zero-order valence-corrected chi connectivity index (χ0v) is 20.6. The van der Waals surface area contributed by atoms with Crippen LogP contribution in [0.15, 0.2) is 126 Å². The molecular weight excluding hydrogens is 456 g/mol. The highest BCUT2D eigenvalue weighted by Crippen LogP contribution is 2.37. The van der Waals surface area contributed by atoms with E-state index in [0.717, 1.165) is 34.6 Å². The minimum atomic E-state index is -0.704. The first-order chi connectivity index (χ1) is 16.8. The fourth-order valence-corrected chi connectivity index (χ4v) is 5.80. The molecule has 0 aliphatic rings. The van der Waals surface area contributed by atoms with E-state index in [2.05, 4.69) is 66.1 Å². The SMILES string of the molecule is O=CN(CSCCSc1ccccc1)NC(c1ccccc1)(c1ccccc1)c1ccccc1. The maximum Gasteiger partial charge on any atom is 0.224 e. The Hall–Kier alpha value is -2.99. The Bertz CT molecular complexity index is 1030. The lowest BCUT2D eigenvalue weighted by Gasteiger charge is -2.40. The molecule has 0 heterocycles. The van der Waals surface area contributed by atoms with Crippen molar-refractivity contribution in [3.8, 4) is 0 Å². The summed E-state index contributed by atoms with van der Waals surface area (Å²) in [5.41, 5.74) is 6.13. The molecule has 0 radical (unpaired) electrons. The number of carbonyl (C=O) groups excluding carboxylic acids is 1. The van der Waals surface area contributed by atoms with E-state index in [-0.39, 0.29) is 0 Å². The Morgan fingerprint density at radius 2 is 1.09 bits per heavy atom. The van der Waals surface area contributed by atoms with Crippen LogP contribution in [0.25, 0.3) is 0 Å². The van der Waals surface area contributed by atoms with Gasteiger partial charge in [-0.3, -0.25) is 9.80 Å². The first kappa shape index (κ1) is 24.1. The fraction of sp³-hybridized carbons (Fsp3) is 0.138. The quantitative estimate of drug-likeness (QED) is 0.0628. The van der Waals surface area contributed by atoms with Gasteiger partial charge in [-0.15, -0.1) is 23.5 Å². The van der Waals surface area contributed by atoms with Gasteiger partial charge in [0, 0.05) is 16.4 Å². The Labute approximate surface area is 210 Å². The highest BCUT2D eigenvalue weighted by Gasteiger charge is 2.37. The van der Waals surface area contributed by atoms with Crippen molar-refractivity contribution in [3.63, 3.8) is 0 Å². The third kappa shape index (κ3) is 5.92. The molecule has 0 aliphatic heterocycles. The third-order valence-corrected chi connectivity index (χ3v) is 7.75. The number of carbonyl (C=O) groups is 1. The van der Waals surface area contributed by atoms with Crippen LogP contribution in [0.5, 0.6) is 0 Å². The maximum absolute atomic E-state index is 12.2. The van der Waals surface area contributed by atoms with Crippen LogP contribution in [0.3, 0.4) is 0 Å². The summed E-state index contributed by atoms with van der Waals surface area (Å²) in [6.45, 7) is 0. The van der Waals surface area contributed by atoms with Gasteiger partial charge in [-0.1, -0.05) is 109 Å². The largest absolute Gasteiger partial charge is 0.277 e. The van der Waals surface area contributed by atoms with Crippen LogP contribution >= 0.6 is 23.5 Å². The van der Waals surface area contributed by atoms with E-state index in [1.54, 1.807) is 16.8 Å². The maximum atomic E-state index is 12.2. The normalized spacial score (nSPS) is 11.2. The summed E-state index contributed by atoms with van der Waals surface area (Å²) in [6, 6.07) is 41.4. The number of thioether (sulfide) groups is 2. The van der Waals surface area contributed by atoms with Crippen LogP contribution < -0.4 is 5.43 Å². The first-order valence-electron chi connectivity index (χ1n) is 11.2. The molecule has 1 amide bonds. The molecule has 3 nitrogen and oxygen atoms in total. The van der Waals surface area contributed by atoms with Crippen molar-refractivity contribution in [1.82, 2.24) is 10.4 Å². The van der Waals surface area contributed by atoms with Gasteiger partial charge in [0.2, 0.25) is 6.41 Å². The van der Waals surface area contributed by atoms with Gasteiger partial charge in [0.1, 0.15) is 5.54 Å². The van der Waals surface area contributed by atoms with Crippen LogP contribution in [0.2, 0.25) is 0 Å². The molecule has 0 atom stereocenters. The number of hydrogen-bond acceptors (Lipinski definition) is 4. The van der Waals surface area contributed by atoms with Crippen LogP contribution in [0, 0.1) is 0 Å². The molecule has 0 unspecified atom stereocenters. The van der Waals surface area contributed by atoms with Crippen molar-refractivity contribution in [2.24, 2.45) is 0 Å². The minimum absolute atomic E-state index is 0.549. The van der Waals surface area contributed by atoms with Crippen molar-refractivity contribution in [3.05, 3.63) is 138 Å². The molecule has 172 valence electrons. The third-order valence-electron chi connectivity index (χ3n) is 5.53. The zero-order chi connectivity index (χ0) is 23.5. The van der Waals surface area contributed by atoms with Crippen molar-refractivity contribution in [2.75, 3.05) is 17.4 Å². The molecule has 0 aliphatic carbocycles. The standard InChI is InChI=1S/C29H28N2OS2/c32-23-31(24-33-21-22-34-28-19-11-4-12-20-28)30-29(25-13-5-1-6-14-25,26-15-7-2-8-16-26)27-17-9-3-10-18-27/h1-20,23,30H,21-22,24H2. The second kappa shape index (κ2) is 12.5. The van der Waals surface area contributed by atoms with Crippen LogP contribution in [0.1, 0.15) is 16.7 Å². The van der Waals surface area contributed by atoms with Gasteiger partial charge in [-0.2, -0.15) is 0 Å². The summed E-state index contributed by atoms with van der Waals surface area (Å²) in [7, 11) is 0. The van der Waals surface area contributed by atoms with E-state index in [4.69, 9.17) is 0 Å². The van der Waals surface area contributed by atoms with Gasteiger partial charge < -0.3 is 0 Å². The summed E-state index contributed by atoms with van der Waals surface area (Å²) in [5.74, 6) is 2.48. The van der Waals surface area contributed by atoms with Crippen molar-refractivity contribution >= 4 is 29.9 Å². The van der Waals surface area contributed by atoms with Gasteiger partial charge in [-0.25, -0.2) is 5.43 Å². The lowest BCUT2D eigenvalue weighted by atomic mass is 9.77. The highest BCUT2D eigenvalue weighted by atomic mass is 32.2. The highest BCUT2D eigenvalue weighted by molar-refractivity contribution is 8.02. The molecule has 0 spiro atoms.